The van der Waals surface area contributed by atoms with Gasteiger partial charge in [0, 0.05) is 18.0 Å². The summed E-state index contributed by atoms with van der Waals surface area (Å²) in [5.41, 5.74) is 0.887. The first-order chi connectivity index (χ1) is 5.18. The van der Waals surface area contributed by atoms with Crippen LogP contribution < -0.4 is 5.44 Å². The van der Waals surface area contributed by atoms with Crippen LogP contribution in [0.5, 0.6) is 0 Å². The third-order valence-electron chi connectivity index (χ3n) is 1.02. The summed E-state index contributed by atoms with van der Waals surface area (Å²) in [4.78, 5) is 15.5. The van der Waals surface area contributed by atoms with Crippen LogP contribution in [-0.4, -0.2) is 10.1 Å². The minimum atomic E-state index is 0.0864. The van der Waals surface area contributed by atoms with Crippen LogP contribution in [0.2, 0.25) is 0 Å². The molecule has 0 saturated carbocycles. The van der Waals surface area contributed by atoms with Gasteiger partial charge in [0.25, 0.3) is 0 Å². The van der Waals surface area contributed by atoms with Gasteiger partial charge in [-0.1, -0.05) is 21.0 Å². The third-order valence-corrected chi connectivity index (χ3v) is 2.13. The SMILES string of the molecule is CC(=O)Sc1ccc(P)nc1. The van der Waals surface area contributed by atoms with Crippen molar-refractivity contribution in [3.05, 3.63) is 18.3 Å². The number of carbonyl (C=O) groups is 1. The van der Waals surface area contributed by atoms with Gasteiger partial charge in [-0.3, -0.25) is 9.78 Å². The van der Waals surface area contributed by atoms with Gasteiger partial charge in [0.1, 0.15) is 0 Å². The predicted molar refractivity (Wildman–Crippen MR) is 50.1 cm³/mol. The van der Waals surface area contributed by atoms with Crippen molar-refractivity contribution in [1.29, 1.82) is 0 Å². The molecule has 2 nitrogen and oxygen atoms in total. The van der Waals surface area contributed by atoms with Gasteiger partial charge in [0.05, 0.1) is 5.44 Å². The van der Waals surface area contributed by atoms with Crippen LogP contribution in [0, 0.1) is 0 Å². The fourth-order valence-electron chi connectivity index (χ4n) is 0.618. The Bertz CT molecular complexity index is 260. The molecule has 0 aliphatic carbocycles. The first-order valence-electron chi connectivity index (χ1n) is 3.08. The van der Waals surface area contributed by atoms with Gasteiger partial charge >= 0.3 is 0 Å². The number of hydrogen-bond acceptors (Lipinski definition) is 3. The quantitative estimate of drug-likeness (QED) is 0.486. The Kier molecular flexibility index (Phi) is 3.03. The molecule has 0 N–H and O–H groups in total. The number of carbonyl (C=O) groups excluding carboxylic acids is 1. The molecule has 11 heavy (non-hydrogen) atoms. The molecular formula is C7H8NOPS. The molecule has 1 aromatic rings. The van der Waals surface area contributed by atoms with E-state index in [9.17, 15) is 4.79 Å². The Balaban J connectivity index is 2.74. The average molecular weight is 185 g/mol. The van der Waals surface area contributed by atoms with Gasteiger partial charge in [0.2, 0.25) is 0 Å². The summed E-state index contributed by atoms with van der Waals surface area (Å²) >= 11 is 1.20. The molecule has 1 atom stereocenters. The Labute approximate surface area is 72.0 Å². The van der Waals surface area contributed by atoms with E-state index in [-0.39, 0.29) is 5.12 Å². The van der Waals surface area contributed by atoms with E-state index in [0.717, 1.165) is 10.3 Å². The second-order valence-corrected chi connectivity index (χ2v) is 3.85. The Morgan fingerprint density at radius 3 is 2.82 bits per heavy atom. The first kappa shape index (κ1) is 8.69. The van der Waals surface area contributed by atoms with Crippen LogP contribution in [0.15, 0.2) is 23.2 Å². The zero-order valence-corrected chi connectivity index (χ0v) is 8.04. The third kappa shape index (κ3) is 3.00. The molecule has 0 aliphatic heterocycles. The molecule has 0 spiro atoms. The topological polar surface area (TPSA) is 30.0 Å². The van der Waals surface area contributed by atoms with Crippen molar-refractivity contribution in [3.8, 4) is 0 Å². The second-order valence-electron chi connectivity index (χ2n) is 2.01. The molecule has 58 valence electrons. The van der Waals surface area contributed by atoms with Crippen molar-refractivity contribution in [2.75, 3.05) is 0 Å². The van der Waals surface area contributed by atoms with Crippen LogP contribution in [0.25, 0.3) is 0 Å². The Morgan fingerprint density at radius 1 is 1.64 bits per heavy atom. The van der Waals surface area contributed by atoms with Gasteiger partial charge in [-0.25, -0.2) is 0 Å². The van der Waals surface area contributed by atoms with E-state index in [0.29, 0.717) is 0 Å². The summed E-state index contributed by atoms with van der Waals surface area (Å²) in [5, 5.41) is 0.0864. The molecule has 1 rings (SSSR count). The fourth-order valence-corrected chi connectivity index (χ4v) is 1.36. The van der Waals surface area contributed by atoms with Gasteiger partial charge in [-0.15, -0.1) is 0 Å². The standard InChI is InChI=1S/C7H8NOPS/c1-5(9)11-6-2-3-7(10)8-4-6/h2-4H,10H2,1H3. The lowest BCUT2D eigenvalue weighted by molar-refractivity contribution is -0.109. The van der Waals surface area contributed by atoms with E-state index in [1.165, 1.54) is 11.8 Å². The monoisotopic (exact) mass is 185 g/mol. The zero-order chi connectivity index (χ0) is 8.27. The molecule has 0 fully saturated rings. The highest BCUT2D eigenvalue weighted by Crippen LogP contribution is 2.15. The van der Waals surface area contributed by atoms with Crippen LogP contribution in [0.4, 0.5) is 0 Å². The molecule has 0 bridgehead atoms. The van der Waals surface area contributed by atoms with Crippen LogP contribution >= 0.6 is 21.0 Å². The van der Waals surface area contributed by atoms with Crippen LogP contribution in [0.3, 0.4) is 0 Å². The van der Waals surface area contributed by atoms with E-state index < -0.39 is 0 Å². The molecule has 0 aromatic carbocycles. The molecule has 1 heterocycles. The summed E-state index contributed by atoms with van der Waals surface area (Å²) in [7, 11) is 2.49. The number of aromatic nitrogens is 1. The number of thioether (sulfide) groups is 1. The van der Waals surface area contributed by atoms with Crippen molar-refractivity contribution in [3.63, 3.8) is 0 Å². The van der Waals surface area contributed by atoms with Crippen LogP contribution in [-0.2, 0) is 4.79 Å². The first-order valence-corrected chi connectivity index (χ1v) is 4.48. The van der Waals surface area contributed by atoms with Gasteiger partial charge < -0.3 is 0 Å². The van der Waals surface area contributed by atoms with Crippen molar-refractivity contribution >= 4 is 31.6 Å². The highest BCUT2D eigenvalue weighted by Gasteiger charge is 1.96. The van der Waals surface area contributed by atoms with E-state index >= 15 is 0 Å². The maximum absolute atomic E-state index is 10.6. The van der Waals surface area contributed by atoms with Gasteiger partial charge in [0.15, 0.2) is 5.12 Å². The molecular weight excluding hydrogens is 177 g/mol. The van der Waals surface area contributed by atoms with Gasteiger partial charge in [-0.05, 0) is 12.1 Å². The van der Waals surface area contributed by atoms with Crippen molar-refractivity contribution in [1.82, 2.24) is 4.98 Å². The summed E-state index contributed by atoms with van der Waals surface area (Å²) in [6, 6.07) is 3.73. The molecule has 0 aliphatic rings. The molecule has 0 radical (unpaired) electrons. The van der Waals surface area contributed by atoms with E-state index in [1.54, 1.807) is 13.1 Å². The fraction of sp³-hybridized carbons (Fsp3) is 0.143. The van der Waals surface area contributed by atoms with Crippen molar-refractivity contribution < 1.29 is 4.79 Å². The van der Waals surface area contributed by atoms with Gasteiger partial charge in [-0.2, -0.15) is 0 Å². The lowest BCUT2D eigenvalue weighted by Gasteiger charge is -1.95. The smallest absolute Gasteiger partial charge is 0.190 e. The minimum Gasteiger partial charge on any atom is -0.287 e. The Morgan fingerprint density at radius 2 is 2.36 bits per heavy atom. The van der Waals surface area contributed by atoms with E-state index in [2.05, 4.69) is 14.2 Å². The average Bonchev–Trinajstić information content (AvgIpc) is 1.93. The van der Waals surface area contributed by atoms with Crippen molar-refractivity contribution in [2.24, 2.45) is 0 Å². The molecule has 0 saturated heterocycles. The number of hydrogen-bond donors (Lipinski definition) is 0. The largest absolute Gasteiger partial charge is 0.287 e. The summed E-state index contributed by atoms with van der Waals surface area (Å²) in [5.74, 6) is 0. The lowest BCUT2D eigenvalue weighted by Crippen LogP contribution is -1.95. The number of nitrogens with zero attached hydrogens (tertiary/aromatic N) is 1. The lowest BCUT2D eigenvalue weighted by atomic mass is 10.5. The maximum atomic E-state index is 10.6. The molecule has 1 aromatic heterocycles. The predicted octanol–water partition coefficient (Wildman–Crippen LogP) is 1.22. The summed E-state index contributed by atoms with van der Waals surface area (Å²) in [6.45, 7) is 1.54. The minimum absolute atomic E-state index is 0.0864. The summed E-state index contributed by atoms with van der Waals surface area (Å²) in [6.07, 6.45) is 1.69. The van der Waals surface area contributed by atoms with Crippen molar-refractivity contribution in [2.45, 2.75) is 11.8 Å². The molecule has 4 heteroatoms. The normalized spacial score (nSPS) is 9.64. The highest BCUT2D eigenvalue weighted by atomic mass is 32.2. The van der Waals surface area contributed by atoms with E-state index in [4.69, 9.17) is 0 Å². The summed E-state index contributed by atoms with van der Waals surface area (Å²) < 4.78 is 0. The number of pyridine rings is 1. The zero-order valence-electron chi connectivity index (χ0n) is 6.07. The highest BCUT2D eigenvalue weighted by molar-refractivity contribution is 8.13. The van der Waals surface area contributed by atoms with Crippen LogP contribution in [0.1, 0.15) is 6.92 Å². The Hall–Kier alpha value is -0.400. The maximum Gasteiger partial charge on any atom is 0.190 e. The molecule has 0 amide bonds. The molecule has 1 unspecified atom stereocenters. The second kappa shape index (κ2) is 3.84. The van der Waals surface area contributed by atoms with E-state index in [1.807, 2.05) is 12.1 Å². The number of rotatable bonds is 1.